The molecule has 1 aliphatic rings. The predicted octanol–water partition coefficient (Wildman–Crippen LogP) is 1.69. The van der Waals surface area contributed by atoms with Gasteiger partial charge < -0.3 is 14.9 Å². The monoisotopic (exact) mass is 325 g/mol. The molecule has 1 fully saturated rings. The zero-order valence-electron chi connectivity index (χ0n) is 10.9. The van der Waals surface area contributed by atoms with Crippen LogP contribution >= 0.6 is 24.0 Å². The zero-order valence-corrected chi connectivity index (χ0v) is 12.5. The van der Waals surface area contributed by atoms with Crippen LogP contribution in [0.25, 0.3) is 6.08 Å². The van der Waals surface area contributed by atoms with Crippen LogP contribution in [0.1, 0.15) is 5.56 Å². The van der Waals surface area contributed by atoms with Crippen molar-refractivity contribution in [3.8, 4) is 11.5 Å². The molecular weight excluding hydrogens is 314 g/mol. The van der Waals surface area contributed by atoms with Crippen molar-refractivity contribution in [3.63, 3.8) is 0 Å². The minimum atomic E-state index is -1.13. The van der Waals surface area contributed by atoms with Crippen molar-refractivity contribution >= 4 is 46.3 Å². The SMILES string of the molecule is COc1ccc(C=C2SC(=S)N(CC(=O)O)C2=O)cc1O. The average Bonchev–Trinajstić information content (AvgIpc) is 2.66. The van der Waals surface area contributed by atoms with Gasteiger partial charge in [-0.2, -0.15) is 0 Å². The van der Waals surface area contributed by atoms with Gasteiger partial charge in [0.1, 0.15) is 10.9 Å². The summed E-state index contributed by atoms with van der Waals surface area (Å²) >= 11 is 6.02. The van der Waals surface area contributed by atoms with Gasteiger partial charge in [0.25, 0.3) is 5.91 Å². The Hall–Kier alpha value is -2.06. The number of amides is 1. The molecule has 1 heterocycles. The number of ether oxygens (including phenoxy) is 1. The van der Waals surface area contributed by atoms with E-state index in [0.717, 1.165) is 16.7 Å². The van der Waals surface area contributed by atoms with Crippen LogP contribution in [0.2, 0.25) is 0 Å². The lowest BCUT2D eigenvalue weighted by molar-refractivity contribution is -0.140. The highest BCUT2D eigenvalue weighted by Crippen LogP contribution is 2.34. The summed E-state index contributed by atoms with van der Waals surface area (Å²) < 4.78 is 5.13. The molecule has 0 radical (unpaired) electrons. The summed E-state index contributed by atoms with van der Waals surface area (Å²) in [6, 6.07) is 4.68. The third kappa shape index (κ3) is 3.34. The molecule has 21 heavy (non-hydrogen) atoms. The first-order chi connectivity index (χ1) is 9.92. The molecule has 6 nitrogen and oxygen atoms in total. The number of carboxylic acids is 1. The summed E-state index contributed by atoms with van der Waals surface area (Å²) in [5.41, 5.74) is 0.587. The molecule has 0 aromatic heterocycles. The molecule has 0 spiro atoms. The Kier molecular flexibility index (Phi) is 4.49. The fourth-order valence-corrected chi connectivity index (χ4v) is 2.97. The summed E-state index contributed by atoms with van der Waals surface area (Å²) in [6.07, 6.45) is 1.54. The molecule has 1 aliphatic heterocycles. The van der Waals surface area contributed by atoms with Crippen LogP contribution in [0.5, 0.6) is 11.5 Å². The second kappa shape index (κ2) is 6.15. The van der Waals surface area contributed by atoms with E-state index in [-0.39, 0.29) is 10.1 Å². The maximum Gasteiger partial charge on any atom is 0.323 e. The van der Waals surface area contributed by atoms with E-state index in [1.165, 1.54) is 13.2 Å². The highest BCUT2D eigenvalue weighted by molar-refractivity contribution is 8.26. The van der Waals surface area contributed by atoms with Crippen molar-refractivity contribution in [2.45, 2.75) is 0 Å². The largest absolute Gasteiger partial charge is 0.504 e. The smallest absolute Gasteiger partial charge is 0.323 e. The molecule has 8 heteroatoms. The summed E-state index contributed by atoms with van der Waals surface area (Å²) in [6.45, 7) is -0.462. The number of phenolic OH excluding ortho intramolecular Hbond substituents is 1. The van der Waals surface area contributed by atoms with Gasteiger partial charge in [-0.25, -0.2) is 0 Å². The number of rotatable bonds is 4. The molecule has 0 atom stereocenters. The minimum absolute atomic E-state index is 0.0488. The number of carboxylic acid groups (broad SMARTS) is 1. The van der Waals surface area contributed by atoms with E-state index in [2.05, 4.69) is 0 Å². The highest BCUT2D eigenvalue weighted by atomic mass is 32.2. The molecule has 0 unspecified atom stereocenters. The van der Waals surface area contributed by atoms with Crippen molar-refractivity contribution in [1.29, 1.82) is 0 Å². The van der Waals surface area contributed by atoms with Gasteiger partial charge in [0, 0.05) is 0 Å². The van der Waals surface area contributed by atoms with E-state index < -0.39 is 18.4 Å². The minimum Gasteiger partial charge on any atom is -0.504 e. The molecule has 0 saturated carbocycles. The standard InChI is InChI=1S/C13H11NO5S2/c1-19-9-3-2-7(4-8(9)15)5-10-12(18)14(6-11(16)17)13(20)21-10/h2-5,15H,6H2,1H3,(H,16,17). The lowest BCUT2D eigenvalue weighted by Gasteiger charge is -2.10. The maximum absolute atomic E-state index is 12.1. The van der Waals surface area contributed by atoms with Crippen molar-refractivity contribution < 1.29 is 24.5 Å². The summed E-state index contributed by atoms with van der Waals surface area (Å²) in [5, 5.41) is 18.4. The maximum atomic E-state index is 12.1. The lowest BCUT2D eigenvalue weighted by atomic mass is 10.2. The molecule has 0 bridgehead atoms. The Morgan fingerprint density at radius 1 is 1.52 bits per heavy atom. The van der Waals surface area contributed by atoms with Crippen LogP contribution < -0.4 is 4.74 Å². The molecule has 1 aromatic rings. The number of benzene rings is 1. The molecule has 2 rings (SSSR count). The number of thioether (sulfide) groups is 1. The molecule has 2 N–H and O–H groups in total. The van der Waals surface area contributed by atoms with Gasteiger partial charge in [-0.3, -0.25) is 14.5 Å². The van der Waals surface area contributed by atoms with E-state index in [1.54, 1.807) is 18.2 Å². The van der Waals surface area contributed by atoms with Gasteiger partial charge in [-0.1, -0.05) is 30.0 Å². The summed E-state index contributed by atoms with van der Waals surface area (Å²) in [7, 11) is 1.44. The van der Waals surface area contributed by atoms with Crippen molar-refractivity contribution in [2.75, 3.05) is 13.7 Å². The van der Waals surface area contributed by atoms with Gasteiger partial charge in [0.05, 0.1) is 12.0 Å². The second-order valence-corrected chi connectivity index (χ2v) is 5.77. The van der Waals surface area contributed by atoms with E-state index >= 15 is 0 Å². The van der Waals surface area contributed by atoms with Crippen LogP contribution in [-0.4, -0.2) is 45.0 Å². The number of hydrogen-bond acceptors (Lipinski definition) is 6. The third-order valence-electron chi connectivity index (χ3n) is 2.67. The van der Waals surface area contributed by atoms with Crippen molar-refractivity contribution in [3.05, 3.63) is 28.7 Å². The zero-order chi connectivity index (χ0) is 15.6. The quantitative estimate of drug-likeness (QED) is 0.643. The fourth-order valence-electron chi connectivity index (χ4n) is 1.72. The third-order valence-corrected chi connectivity index (χ3v) is 4.05. The number of nitrogens with zero attached hydrogens (tertiary/aromatic N) is 1. The lowest BCUT2D eigenvalue weighted by Crippen LogP contribution is -2.33. The van der Waals surface area contributed by atoms with Crippen molar-refractivity contribution in [1.82, 2.24) is 4.90 Å². The normalized spacial score (nSPS) is 16.6. The summed E-state index contributed by atoms with van der Waals surface area (Å²) in [4.78, 5) is 24.1. The van der Waals surface area contributed by atoms with Crippen LogP contribution in [0.4, 0.5) is 0 Å². The van der Waals surface area contributed by atoms with Crippen LogP contribution in [0, 0.1) is 0 Å². The van der Waals surface area contributed by atoms with E-state index in [4.69, 9.17) is 22.1 Å². The number of phenols is 1. The molecule has 1 aromatic carbocycles. The Bertz CT molecular complexity index is 656. The Balaban J connectivity index is 2.26. The number of methoxy groups -OCH3 is 1. The molecule has 1 amide bonds. The number of aromatic hydroxyl groups is 1. The Morgan fingerprint density at radius 3 is 2.81 bits per heavy atom. The van der Waals surface area contributed by atoms with Crippen LogP contribution in [0.3, 0.4) is 0 Å². The van der Waals surface area contributed by atoms with Gasteiger partial charge in [-0.15, -0.1) is 0 Å². The Labute approximate surface area is 130 Å². The highest BCUT2D eigenvalue weighted by Gasteiger charge is 2.33. The number of thiocarbonyl (C=S) groups is 1. The number of carbonyl (C=O) groups is 2. The molecule has 1 saturated heterocycles. The first-order valence-electron chi connectivity index (χ1n) is 5.76. The predicted molar refractivity (Wildman–Crippen MR) is 82.2 cm³/mol. The molecule has 110 valence electrons. The average molecular weight is 325 g/mol. The van der Waals surface area contributed by atoms with Gasteiger partial charge in [0.2, 0.25) is 0 Å². The summed E-state index contributed by atoms with van der Waals surface area (Å²) in [5.74, 6) is -1.31. The van der Waals surface area contributed by atoms with E-state index in [0.29, 0.717) is 16.2 Å². The second-order valence-electron chi connectivity index (χ2n) is 4.09. The van der Waals surface area contributed by atoms with E-state index in [1.807, 2.05) is 0 Å². The van der Waals surface area contributed by atoms with Crippen LogP contribution in [-0.2, 0) is 9.59 Å². The number of hydrogen-bond donors (Lipinski definition) is 2. The Morgan fingerprint density at radius 2 is 2.24 bits per heavy atom. The first-order valence-corrected chi connectivity index (χ1v) is 6.99. The first kappa shape index (κ1) is 15.3. The van der Waals surface area contributed by atoms with Crippen LogP contribution in [0.15, 0.2) is 23.1 Å². The van der Waals surface area contributed by atoms with Gasteiger partial charge in [-0.05, 0) is 23.8 Å². The number of carbonyl (C=O) groups excluding carboxylic acids is 1. The van der Waals surface area contributed by atoms with Gasteiger partial charge >= 0.3 is 5.97 Å². The topological polar surface area (TPSA) is 87.1 Å². The van der Waals surface area contributed by atoms with Gasteiger partial charge in [0.15, 0.2) is 11.5 Å². The number of aliphatic carboxylic acids is 1. The van der Waals surface area contributed by atoms with E-state index in [9.17, 15) is 14.7 Å². The van der Waals surface area contributed by atoms with Crippen molar-refractivity contribution in [2.24, 2.45) is 0 Å². The fraction of sp³-hybridized carbons (Fsp3) is 0.154. The molecule has 0 aliphatic carbocycles. The molecular formula is C13H11NO5S2.